The summed E-state index contributed by atoms with van der Waals surface area (Å²) in [6, 6.07) is 3.93. The van der Waals surface area contributed by atoms with Gasteiger partial charge in [0.2, 0.25) is 11.8 Å². The molecular weight excluding hydrogens is 346 g/mol. The van der Waals surface area contributed by atoms with Gasteiger partial charge in [-0.1, -0.05) is 0 Å². The van der Waals surface area contributed by atoms with Gasteiger partial charge < -0.3 is 19.1 Å². The number of hydrogen-bond acceptors (Lipinski definition) is 5. The average Bonchev–Trinajstić information content (AvgIpc) is 3.02. The molecule has 0 aliphatic carbocycles. The van der Waals surface area contributed by atoms with E-state index in [0.29, 0.717) is 39.0 Å². The van der Waals surface area contributed by atoms with Crippen molar-refractivity contribution >= 4 is 23.0 Å². The number of carbonyl (C=O) groups excluding carboxylic acids is 2. The molecule has 2 amide bonds. The highest BCUT2D eigenvalue weighted by Gasteiger charge is 2.24. The molecule has 2 aromatic heterocycles. The molecule has 0 N–H and O–H groups in total. The van der Waals surface area contributed by atoms with Crippen LogP contribution in [-0.2, 0) is 20.7 Å². The standard InChI is InChI=1S/C19H27N5O3/c1-14(13-27-3)24-16(21-15-6-5-9-20-19(15)24)7-4-8-17(25)23-11-10-22(2)18(26)12-23/h5-6,9,14H,4,7-8,10-13H2,1-3H3/t14-/m0/s1. The highest BCUT2D eigenvalue weighted by molar-refractivity contribution is 5.85. The fourth-order valence-electron chi connectivity index (χ4n) is 3.46. The second-order valence-electron chi connectivity index (χ2n) is 7.03. The Morgan fingerprint density at radius 2 is 2.19 bits per heavy atom. The van der Waals surface area contributed by atoms with Crippen LogP contribution in [0, 0.1) is 0 Å². The molecule has 0 bridgehead atoms. The van der Waals surface area contributed by atoms with E-state index in [4.69, 9.17) is 9.72 Å². The van der Waals surface area contributed by atoms with Gasteiger partial charge in [0.1, 0.15) is 11.3 Å². The number of nitrogens with zero attached hydrogens (tertiary/aromatic N) is 5. The molecule has 0 spiro atoms. The SMILES string of the molecule is COC[C@H](C)n1c(CCCC(=O)N2CCN(C)C(=O)C2)nc2cccnc21. The molecule has 0 radical (unpaired) electrons. The van der Waals surface area contributed by atoms with E-state index < -0.39 is 0 Å². The summed E-state index contributed by atoms with van der Waals surface area (Å²) >= 11 is 0. The summed E-state index contributed by atoms with van der Waals surface area (Å²) in [7, 11) is 3.45. The van der Waals surface area contributed by atoms with Crippen LogP contribution >= 0.6 is 0 Å². The molecule has 2 aromatic rings. The zero-order chi connectivity index (χ0) is 19.4. The summed E-state index contributed by atoms with van der Waals surface area (Å²) in [5.41, 5.74) is 1.69. The molecule has 8 nitrogen and oxygen atoms in total. The molecule has 1 aliphatic heterocycles. The first-order chi connectivity index (χ1) is 13.0. The summed E-state index contributed by atoms with van der Waals surface area (Å²) in [5.74, 6) is 0.938. The van der Waals surface area contributed by atoms with Crippen molar-refractivity contribution in [1.29, 1.82) is 0 Å². The normalized spacial score (nSPS) is 16.2. The first kappa shape index (κ1) is 19.3. The second-order valence-corrected chi connectivity index (χ2v) is 7.03. The quantitative estimate of drug-likeness (QED) is 0.730. The number of rotatable bonds is 7. The molecule has 0 saturated carbocycles. The number of hydrogen-bond donors (Lipinski definition) is 0. The second kappa shape index (κ2) is 8.47. The Bertz CT molecular complexity index is 819. The third-order valence-electron chi connectivity index (χ3n) is 4.97. The predicted octanol–water partition coefficient (Wildman–Crippen LogP) is 1.26. The Morgan fingerprint density at radius 3 is 2.93 bits per heavy atom. The number of likely N-dealkylation sites (N-methyl/N-ethyl adjacent to an activating group) is 1. The van der Waals surface area contributed by atoms with Crippen LogP contribution in [0.25, 0.3) is 11.2 Å². The lowest BCUT2D eigenvalue weighted by molar-refractivity contribution is -0.144. The molecule has 0 unspecified atom stereocenters. The van der Waals surface area contributed by atoms with Gasteiger partial charge in [0, 0.05) is 46.3 Å². The van der Waals surface area contributed by atoms with Crippen molar-refractivity contribution < 1.29 is 14.3 Å². The number of methoxy groups -OCH3 is 1. The minimum Gasteiger partial charge on any atom is -0.383 e. The van der Waals surface area contributed by atoms with Gasteiger partial charge in [0.25, 0.3) is 0 Å². The number of aryl methyl sites for hydroxylation is 1. The van der Waals surface area contributed by atoms with Crippen molar-refractivity contribution in [1.82, 2.24) is 24.3 Å². The van der Waals surface area contributed by atoms with E-state index in [9.17, 15) is 9.59 Å². The average molecular weight is 373 g/mol. The van der Waals surface area contributed by atoms with Gasteiger partial charge in [-0.15, -0.1) is 0 Å². The molecule has 0 aromatic carbocycles. The van der Waals surface area contributed by atoms with Gasteiger partial charge in [-0.25, -0.2) is 9.97 Å². The van der Waals surface area contributed by atoms with E-state index in [1.165, 1.54) is 0 Å². The van der Waals surface area contributed by atoms with Crippen molar-refractivity contribution in [3.05, 3.63) is 24.2 Å². The third kappa shape index (κ3) is 4.27. The maximum absolute atomic E-state index is 12.4. The Hall–Kier alpha value is -2.48. The van der Waals surface area contributed by atoms with Gasteiger partial charge >= 0.3 is 0 Å². The van der Waals surface area contributed by atoms with Crippen molar-refractivity contribution in [3.63, 3.8) is 0 Å². The Kier molecular flexibility index (Phi) is 6.05. The minimum absolute atomic E-state index is 0.00384. The number of carbonyl (C=O) groups is 2. The van der Waals surface area contributed by atoms with Crippen LogP contribution < -0.4 is 0 Å². The molecule has 3 heterocycles. The summed E-state index contributed by atoms with van der Waals surface area (Å²) < 4.78 is 7.40. The van der Waals surface area contributed by atoms with Crippen LogP contribution in [-0.4, -0.2) is 76.5 Å². The van der Waals surface area contributed by atoms with E-state index in [1.54, 1.807) is 30.2 Å². The number of amides is 2. The van der Waals surface area contributed by atoms with Crippen LogP contribution in [0.5, 0.6) is 0 Å². The largest absolute Gasteiger partial charge is 0.383 e. The topological polar surface area (TPSA) is 80.6 Å². The van der Waals surface area contributed by atoms with Gasteiger partial charge in [-0.3, -0.25) is 9.59 Å². The highest BCUT2D eigenvalue weighted by Crippen LogP contribution is 2.21. The minimum atomic E-state index is -0.00384. The molecule has 1 saturated heterocycles. The lowest BCUT2D eigenvalue weighted by Crippen LogP contribution is -2.50. The van der Waals surface area contributed by atoms with E-state index in [2.05, 4.69) is 16.5 Å². The van der Waals surface area contributed by atoms with E-state index in [0.717, 1.165) is 17.0 Å². The lowest BCUT2D eigenvalue weighted by Gasteiger charge is -2.32. The zero-order valence-corrected chi connectivity index (χ0v) is 16.2. The van der Waals surface area contributed by atoms with Crippen LogP contribution in [0.3, 0.4) is 0 Å². The molecule has 27 heavy (non-hydrogen) atoms. The molecule has 1 fully saturated rings. The van der Waals surface area contributed by atoms with Crippen LogP contribution in [0.2, 0.25) is 0 Å². The van der Waals surface area contributed by atoms with Crippen molar-refractivity contribution in [2.75, 3.05) is 40.4 Å². The van der Waals surface area contributed by atoms with Gasteiger partial charge in [0.05, 0.1) is 19.2 Å². The predicted molar refractivity (Wildman–Crippen MR) is 101 cm³/mol. The molecular formula is C19H27N5O3. The monoisotopic (exact) mass is 373 g/mol. The first-order valence-corrected chi connectivity index (χ1v) is 9.33. The number of aromatic nitrogens is 3. The maximum atomic E-state index is 12.4. The van der Waals surface area contributed by atoms with Crippen LogP contribution in [0.15, 0.2) is 18.3 Å². The first-order valence-electron chi connectivity index (χ1n) is 9.33. The van der Waals surface area contributed by atoms with Crippen LogP contribution in [0.4, 0.5) is 0 Å². The number of fused-ring (bicyclic) bond motifs is 1. The fourth-order valence-corrected chi connectivity index (χ4v) is 3.46. The van der Waals surface area contributed by atoms with Crippen LogP contribution in [0.1, 0.15) is 31.6 Å². The van der Waals surface area contributed by atoms with Crippen molar-refractivity contribution in [3.8, 4) is 0 Å². The molecule has 146 valence electrons. The number of piperazine rings is 1. The number of pyridine rings is 1. The van der Waals surface area contributed by atoms with E-state index in [1.807, 2.05) is 12.1 Å². The Morgan fingerprint density at radius 1 is 1.37 bits per heavy atom. The Balaban J connectivity index is 1.65. The van der Waals surface area contributed by atoms with E-state index in [-0.39, 0.29) is 24.4 Å². The maximum Gasteiger partial charge on any atom is 0.241 e. The summed E-state index contributed by atoms with van der Waals surface area (Å²) in [5, 5.41) is 0. The van der Waals surface area contributed by atoms with E-state index >= 15 is 0 Å². The molecule has 3 rings (SSSR count). The van der Waals surface area contributed by atoms with Gasteiger partial charge in [-0.2, -0.15) is 0 Å². The van der Waals surface area contributed by atoms with Crippen molar-refractivity contribution in [2.24, 2.45) is 0 Å². The Labute approximate surface area is 159 Å². The smallest absolute Gasteiger partial charge is 0.241 e. The number of ether oxygens (including phenoxy) is 1. The summed E-state index contributed by atoms with van der Waals surface area (Å²) in [4.78, 5) is 36.7. The highest BCUT2D eigenvalue weighted by atomic mass is 16.5. The fraction of sp³-hybridized carbons (Fsp3) is 0.579. The zero-order valence-electron chi connectivity index (χ0n) is 16.2. The van der Waals surface area contributed by atoms with Crippen molar-refractivity contribution in [2.45, 2.75) is 32.2 Å². The lowest BCUT2D eigenvalue weighted by atomic mass is 10.2. The molecule has 1 aliphatic rings. The molecule has 8 heteroatoms. The molecule has 1 atom stereocenters. The summed E-state index contributed by atoms with van der Waals surface area (Å²) in [6.07, 6.45) is 3.53. The number of imidazole rings is 1. The third-order valence-corrected chi connectivity index (χ3v) is 4.97. The van der Waals surface area contributed by atoms with Gasteiger partial charge in [-0.05, 0) is 25.5 Å². The van der Waals surface area contributed by atoms with Gasteiger partial charge in [0.15, 0.2) is 5.65 Å². The summed E-state index contributed by atoms with van der Waals surface area (Å²) in [6.45, 7) is 4.03.